The first-order valence-electron chi connectivity index (χ1n) is 8.50. The molecular weight excluding hydrogens is 390 g/mol. The average molecular weight is 411 g/mol. The fourth-order valence-electron chi connectivity index (χ4n) is 5.05. The predicted octanol–water partition coefficient (Wildman–Crippen LogP) is 3.37. The van der Waals surface area contributed by atoms with E-state index in [1.807, 2.05) is 6.07 Å². The molecule has 0 aromatic heterocycles. The summed E-state index contributed by atoms with van der Waals surface area (Å²) in [7, 11) is 0.685. The lowest BCUT2D eigenvalue weighted by Gasteiger charge is -2.38. The van der Waals surface area contributed by atoms with E-state index in [1.54, 1.807) is 7.11 Å². The number of hydrogen-bond acceptors (Lipinski definition) is 3. The number of halogens is 1. The Kier molecular flexibility index (Phi) is 2.92. The summed E-state index contributed by atoms with van der Waals surface area (Å²) >= 11 is 3.71. The van der Waals surface area contributed by atoms with E-state index in [0.717, 1.165) is 41.5 Å². The van der Waals surface area contributed by atoms with E-state index in [9.17, 15) is 4.21 Å². The largest absolute Gasteiger partial charge is 0.478 e. The van der Waals surface area contributed by atoms with Gasteiger partial charge in [-0.3, -0.25) is 0 Å². The smallest absolute Gasteiger partial charge is 0.322 e. The molecule has 0 saturated heterocycles. The summed E-state index contributed by atoms with van der Waals surface area (Å²) in [5.41, 5.74) is 1.76. The Morgan fingerprint density at radius 1 is 1.29 bits per heavy atom. The van der Waals surface area contributed by atoms with Crippen molar-refractivity contribution in [2.45, 2.75) is 61.5 Å². The Morgan fingerprint density at radius 3 is 2.67 bits per heavy atom. The third-order valence-electron chi connectivity index (χ3n) is 6.37. The molecule has 128 valence electrons. The number of methoxy groups -OCH3 is 1. The number of ether oxygens (including phenoxy) is 2. The van der Waals surface area contributed by atoms with Crippen molar-refractivity contribution in [3.05, 3.63) is 27.7 Å². The minimum Gasteiger partial charge on any atom is -0.478 e. The lowest BCUT2D eigenvalue weighted by atomic mass is 9.70. The highest BCUT2D eigenvalue weighted by Gasteiger charge is 2.83. The molecule has 1 aromatic rings. The van der Waals surface area contributed by atoms with Crippen molar-refractivity contribution in [2.75, 3.05) is 7.11 Å². The predicted molar refractivity (Wildman–Crippen MR) is 95.9 cm³/mol. The first-order valence-corrected chi connectivity index (χ1v) is 10.4. The van der Waals surface area contributed by atoms with Crippen molar-refractivity contribution >= 4 is 33.1 Å². The van der Waals surface area contributed by atoms with Crippen molar-refractivity contribution in [1.82, 2.24) is 0 Å². The van der Waals surface area contributed by atoms with Crippen LogP contribution in [-0.4, -0.2) is 33.2 Å². The Hall–Kier alpha value is -0.720. The van der Waals surface area contributed by atoms with Crippen molar-refractivity contribution in [3.8, 4) is 5.75 Å². The lowest BCUT2D eigenvalue weighted by Crippen LogP contribution is -2.54. The summed E-state index contributed by atoms with van der Waals surface area (Å²) in [6.07, 6.45) is 6.31. The van der Waals surface area contributed by atoms with Crippen LogP contribution in [0.2, 0.25) is 0 Å². The molecule has 5 rings (SSSR count). The van der Waals surface area contributed by atoms with Crippen LogP contribution in [0, 0.1) is 0 Å². The van der Waals surface area contributed by atoms with Gasteiger partial charge in [0.25, 0.3) is 11.0 Å². The fraction of sp³-hybridized carbons (Fsp3) is 0.611. The molecule has 0 radical (unpaired) electrons. The second-order valence-corrected chi connectivity index (χ2v) is 10.6. The molecule has 1 fully saturated rings. The summed E-state index contributed by atoms with van der Waals surface area (Å²) in [6.45, 7) is 4.12. The first kappa shape index (κ1) is 15.5. The zero-order valence-electron chi connectivity index (χ0n) is 14.1. The number of rotatable bonds is 1. The highest BCUT2D eigenvalue weighted by Crippen LogP contribution is 2.65. The second-order valence-electron chi connectivity index (χ2n) is 7.81. The SMILES string of the molecule is COC1CCC2(CC1)Oc1ccc(Br)c3c1C21C=[N+]1S(=O)C3(C)C. The van der Waals surface area contributed by atoms with Crippen molar-refractivity contribution in [2.24, 2.45) is 0 Å². The molecule has 0 amide bonds. The molecular formula is C18H21BrNO3S+. The highest BCUT2D eigenvalue weighted by atomic mass is 79.9. The van der Waals surface area contributed by atoms with Gasteiger partial charge < -0.3 is 9.47 Å². The van der Waals surface area contributed by atoms with E-state index in [2.05, 4.69) is 46.0 Å². The normalized spacial score (nSPS) is 40.6. The second kappa shape index (κ2) is 4.51. The maximum Gasteiger partial charge on any atom is 0.322 e. The van der Waals surface area contributed by atoms with Crippen LogP contribution < -0.4 is 4.74 Å². The standard InChI is InChI=1S/C18H21BrNO3S/c1-16(2)14-12(19)4-5-13-15(14)18(10-20(18)24(16)21)17(23-13)8-6-11(22-3)7-9-17/h4-5,10-11H,6-9H2,1-3H3/q+1. The van der Waals surface area contributed by atoms with Gasteiger partial charge >= 0.3 is 5.54 Å². The van der Waals surface area contributed by atoms with Crippen LogP contribution in [0.1, 0.15) is 50.7 Å². The van der Waals surface area contributed by atoms with Crippen LogP contribution in [0.3, 0.4) is 0 Å². The zero-order valence-corrected chi connectivity index (χ0v) is 16.5. The van der Waals surface area contributed by atoms with Gasteiger partial charge in [0.1, 0.15) is 10.5 Å². The van der Waals surface area contributed by atoms with Gasteiger partial charge in [-0.15, -0.1) is 3.98 Å². The maximum atomic E-state index is 13.2. The third kappa shape index (κ3) is 1.54. The quantitative estimate of drug-likeness (QED) is 0.666. The summed E-state index contributed by atoms with van der Waals surface area (Å²) in [5, 5.41) is 0. The van der Waals surface area contributed by atoms with Gasteiger partial charge in [0, 0.05) is 17.1 Å². The Labute approximate surface area is 152 Å². The summed E-state index contributed by atoms with van der Waals surface area (Å²) < 4.78 is 28.1. The molecule has 2 unspecified atom stereocenters. The minimum absolute atomic E-state index is 0.300. The Balaban J connectivity index is 1.71. The molecule has 1 saturated carbocycles. The van der Waals surface area contributed by atoms with E-state index >= 15 is 0 Å². The summed E-state index contributed by atoms with van der Waals surface area (Å²) in [4.78, 5) is 0. The topological polar surface area (TPSA) is 38.5 Å². The van der Waals surface area contributed by atoms with Gasteiger partial charge in [-0.25, -0.2) is 0 Å². The Morgan fingerprint density at radius 2 is 2.00 bits per heavy atom. The molecule has 1 aromatic carbocycles. The van der Waals surface area contributed by atoms with Gasteiger partial charge in [0.2, 0.25) is 6.21 Å². The highest BCUT2D eigenvalue weighted by molar-refractivity contribution is 9.10. The fourth-order valence-corrected chi connectivity index (χ4v) is 7.65. The zero-order chi connectivity index (χ0) is 16.9. The molecule has 4 aliphatic rings. The molecule has 3 aliphatic heterocycles. The maximum absolute atomic E-state index is 13.2. The van der Waals surface area contributed by atoms with Crippen LogP contribution in [-0.2, 0) is 26.0 Å². The van der Waals surface area contributed by atoms with Crippen molar-refractivity contribution < 1.29 is 17.7 Å². The molecule has 2 atom stereocenters. The van der Waals surface area contributed by atoms with Gasteiger partial charge in [0.15, 0.2) is 5.60 Å². The van der Waals surface area contributed by atoms with Crippen LogP contribution in [0.15, 0.2) is 16.6 Å². The number of nitrogens with zero attached hydrogens (tertiary/aromatic N) is 1. The Bertz CT molecular complexity index is 826. The first-order chi connectivity index (χ1) is 11.4. The van der Waals surface area contributed by atoms with Crippen LogP contribution in [0.5, 0.6) is 5.75 Å². The number of benzene rings is 1. The molecule has 0 bridgehead atoms. The molecule has 24 heavy (non-hydrogen) atoms. The van der Waals surface area contributed by atoms with Gasteiger partial charge in [-0.2, -0.15) is 4.21 Å². The monoisotopic (exact) mass is 410 g/mol. The summed E-state index contributed by atoms with van der Waals surface area (Å²) in [6, 6.07) is 4.11. The van der Waals surface area contributed by atoms with Crippen molar-refractivity contribution in [1.29, 1.82) is 0 Å². The average Bonchev–Trinajstić information content (AvgIpc) is 3.26. The summed E-state index contributed by atoms with van der Waals surface area (Å²) in [5.74, 6) is 0.965. The molecule has 3 heterocycles. The van der Waals surface area contributed by atoms with E-state index < -0.39 is 15.7 Å². The molecule has 2 spiro atoms. The molecule has 0 N–H and O–H groups in total. The van der Waals surface area contributed by atoms with Gasteiger partial charge in [-0.1, -0.05) is 15.9 Å². The van der Waals surface area contributed by atoms with E-state index in [-0.39, 0.29) is 11.1 Å². The van der Waals surface area contributed by atoms with E-state index in [4.69, 9.17) is 9.47 Å². The van der Waals surface area contributed by atoms with Crippen LogP contribution >= 0.6 is 15.9 Å². The third-order valence-corrected chi connectivity index (χ3v) is 8.86. The molecule has 1 aliphatic carbocycles. The van der Waals surface area contributed by atoms with E-state index in [0.29, 0.717) is 6.10 Å². The van der Waals surface area contributed by atoms with Gasteiger partial charge in [-0.05, 0) is 51.7 Å². The number of hydrogen-bond donors (Lipinski definition) is 0. The lowest BCUT2D eigenvalue weighted by molar-refractivity contribution is -0.383. The molecule has 4 nitrogen and oxygen atoms in total. The van der Waals surface area contributed by atoms with Crippen LogP contribution in [0.4, 0.5) is 0 Å². The molecule has 6 heteroatoms. The minimum atomic E-state index is -1.10. The van der Waals surface area contributed by atoms with E-state index in [1.165, 1.54) is 5.56 Å². The van der Waals surface area contributed by atoms with Crippen molar-refractivity contribution in [3.63, 3.8) is 0 Å². The van der Waals surface area contributed by atoms with Gasteiger partial charge in [0.05, 0.1) is 11.7 Å². The van der Waals surface area contributed by atoms with Crippen LogP contribution in [0.25, 0.3) is 0 Å².